The molecule has 3 atom stereocenters. The van der Waals surface area contributed by atoms with Crippen LogP contribution in [0.4, 0.5) is 0 Å². The van der Waals surface area contributed by atoms with Crippen molar-refractivity contribution < 1.29 is 4.74 Å². The highest BCUT2D eigenvalue weighted by atomic mass is 16.5. The van der Waals surface area contributed by atoms with Crippen molar-refractivity contribution in [3.63, 3.8) is 0 Å². The van der Waals surface area contributed by atoms with Crippen molar-refractivity contribution in [2.24, 2.45) is 11.3 Å². The predicted molar refractivity (Wildman–Crippen MR) is 36.2 cm³/mol. The molecule has 0 spiro atoms. The molecule has 1 saturated carbocycles. The van der Waals surface area contributed by atoms with Gasteiger partial charge in [-0.2, -0.15) is 0 Å². The Bertz CT molecular complexity index is 123. The molecule has 52 valence electrons. The molecule has 0 N–H and O–H groups in total. The lowest BCUT2D eigenvalue weighted by molar-refractivity contribution is 0.0552. The largest absolute Gasteiger partial charge is 0.377 e. The average molecular weight is 126 g/mol. The van der Waals surface area contributed by atoms with Crippen LogP contribution in [0.3, 0.4) is 0 Å². The molecule has 3 unspecified atom stereocenters. The van der Waals surface area contributed by atoms with Crippen LogP contribution in [0.5, 0.6) is 0 Å². The van der Waals surface area contributed by atoms with Crippen LogP contribution in [0, 0.1) is 11.3 Å². The van der Waals surface area contributed by atoms with E-state index in [2.05, 4.69) is 13.8 Å². The Labute approximate surface area is 56.4 Å². The molecule has 2 fully saturated rings. The van der Waals surface area contributed by atoms with Gasteiger partial charge in [0, 0.05) is 0 Å². The topological polar surface area (TPSA) is 9.23 Å². The molecule has 1 nitrogen and oxygen atoms in total. The van der Waals surface area contributed by atoms with Gasteiger partial charge in [-0.25, -0.2) is 0 Å². The van der Waals surface area contributed by atoms with E-state index in [9.17, 15) is 0 Å². The summed E-state index contributed by atoms with van der Waals surface area (Å²) >= 11 is 0. The van der Waals surface area contributed by atoms with Crippen LogP contribution in [0.15, 0.2) is 0 Å². The molecule has 1 aliphatic heterocycles. The summed E-state index contributed by atoms with van der Waals surface area (Å²) in [4.78, 5) is 0. The minimum atomic E-state index is 0.546. The molecule has 0 amide bonds. The zero-order valence-corrected chi connectivity index (χ0v) is 6.18. The summed E-state index contributed by atoms with van der Waals surface area (Å²) in [6.07, 6.45) is 3.30. The van der Waals surface area contributed by atoms with E-state index in [1.54, 1.807) is 0 Å². The van der Waals surface area contributed by atoms with Gasteiger partial charge in [-0.15, -0.1) is 0 Å². The molecular formula is C8H14O. The average Bonchev–Trinajstić information content (AvgIpc) is 2.24. The summed E-state index contributed by atoms with van der Waals surface area (Å²) in [6.45, 7) is 5.69. The molecule has 1 heteroatoms. The van der Waals surface area contributed by atoms with Crippen LogP contribution in [0.1, 0.15) is 26.7 Å². The third-order valence-electron chi connectivity index (χ3n) is 3.28. The van der Waals surface area contributed by atoms with Crippen LogP contribution in [0.2, 0.25) is 0 Å². The molecule has 0 aromatic carbocycles. The minimum absolute atomic E-state index is 0.546. The van der Waals surface area contributed by atoms with Crippen molar-refractivity contribution in [1.82, 2.24) is 0 Å². The van der Waals surface area contributed by atoms with Crippen LogP contribution >= 0.6 is 0 Å². The Morgan fingerprint density at radius 1 is 1.56 bits per heavy atom. The van der Waals surface area contributed by atoms with Gasteiger partial charge in [0.1, 0.15) is 0 Å². The second-order valence-corrected chi connectivity index (χ2v) is 3.83. The second-order valence-electron chi connectivity index (χ2n) is 3.83. The van der Waals surface area contributed by atoms with Crippen molar-refractivity contribution in [3.8, 4) is 0 Å². The standard InChI is InChI=1S/C8H14O/c1-6-7-3-4-8(6,2)5-9-7/h6-7H,3-5H2,1-2H3. The van der Waals surface area contributed by atoms with Crippen LogP contribution in [-0.2, 0) is 4.74 Å². The van der Waals surface area contributed by atoms with Crippen molar-refractivity contribution in [2.75, 3.05) is 6.61 Å². The number of hydrogen-bond donors (Lipinski definition) is 0. The lowest BCUT2D eigenvalue weighted by atomic mass is 9.83. The summed E-state index contributed by atoms with van der Waals surface area (Å²) in [5.74, 6) is 0.817. The van der Waals surface area contributed by atoms with Gasteiger partial charge in [0.25, 0.3) is 0 Å². The smallest absolute Gasteiger partial charge is 0.0607 e. The Hall–Kier alpha value is -0.0400. The molecule has 1 heterocycles. The Kier molecular flexibility index (Phi) is 0.963. The normalized spacial score (nSPS) is 56.7. The first-order valence-corrected chi connectivity index (χ1v) is 3.84. The van der Waals surface area contributed by atoms with Crippen molar-refractivity contribution in [3.05, 3.63) is 0 Å². The number of fused-ring (bicyclic) bond motifs is 2. The van der Waals surface area contributed by atoms with Gasteiger partial charge in [-0.3, -0.25) is 0 Å². The fourth-order valence-electron chi connectivity index (χ4n) is 2.13. The SMILES string of the molecule is CC1C2CCC1(C)CO2. The Morgan fingerprint density at radius 2 is 2.33 bits per heavy atom. The molecular weight excluding hydrogens is 112 g/mol. The van der Waals surface area contributed by atoms with E-state index in [4.69, 9.17) is 4.74 Å². The summed E-state index contributed by atoms with van der Waals surface area (Å²) in [5.41, 5.74) is 0.546. The third-order valence-corrected chi connectivity index (χ3v) is 3.28. The van der Waals surface area contributed by atoms with E-state index in [0.29, 0.717) is 11.5 Å². The molecule has 0 aromatic heterocycles. The first-order chi connectivity index (χ1) is 4.22. The zero-order valence-electron chi connectivity index (χ0n) is 6.18. The molecule has 1 saturated heterocycles. The third kappa shape index (κ3) is 0.586. The van der Waals surface area contributed by atoms with Gasteiger partial charge in [0.2, 0.25) is 0 Å². The highest BCUT2D eigenvalue weighted by Gasteiger charge is 2.48. The fraction of sp³-hybridized carbons (Fsp3) is 1.00. The molecule has 2 rings (SSSR count). The fourth-order valence-corrected chi connectivity index (χ4v) is 2.13. The monoisotopic (exact) mass is 126 g/mol. The Balaban J connectivity index is 2.26. The van der Waals surface area contributed by atoms with E-state index in [0.717, 1.165) is 12.5 Å². The highest BCUT2D eigenvalue weighted by Crippen LogP contribution is 2.49. The van der Waals surface area contributed by atoms with E-state index < -0.39 is 0 Å². The minimum Gasteiger partial charge on any atom is -0.377 e. The summed E-state index contributed by atoms with van der Waals surface area (Å²) in [6, 6.07) is 0. The molecule has 0 radical (unpaired) electrons. The molecule has 0 aromatic rings. The van der Waals surface area contributed by atoms with Crippen molar-refractivity contribution in [1.29, 1.82) is 0 Å². The van der Waals surface area contributed by atoms with Gasteiger partial charge in [-0.1, -0.05) is 13.8 Å². The molecule has 1 aliphatic carbocycles. The molecule has 9 heavy (non-hydrogen) atoms. The van der Waals surface area contributed by atoms with Gasteiger partial charge in [-0.05, 0) is 24.2 Å². The number of rotatable bonds is 0. The van der Waals surface area contributed by atoms with Gasteiger partial charge in [0.05, 0.1) is 12.7 Å². The van der Waals surface area contributed by atoms with Gasteiger partial charge in [0.15, 0.2) is 0 Å². The predicted octanol–water partition coefficient (Wildman–Crippen LogP) is 1.82. The maximum atomic E-state index is 5.57. The maximum absolute atomic E-state index is 5.57. The zero-order chi connectivity index (χ0) is 6.48. The molecule has 2 bridgehead atoms. The lowest BCUT2D eigenvalue weighted by Gasteiger charge is -2.21. The van der Waals surface area contributed by atoms with Gasteiger partial charge >= 0.3 is 0 Å². The lowest BCUT2D eigenvalue weighted by Crippen LogP contribution is -2.19. The maximum Gasteiger partial charge on any atom is 0.0607 e. The Morgan fingerprint density at radius 3 is 2.44 bits per heavy atom. The number of ether oxygens (including phenoxy) is 1. The van der Waals surface area contributed by atoms with E-state index in [1.807, 2.05) is 0 Å². The summed E-state index contributed by atoms with van der Waals surface area (Å²) in [7, 11) is 0. The van der Waals surface area contributed by atoms with E-state index in [-0.39, 0.29) is 0 Å². The van der Waals surface area contributed by atoms with Crippen LogP contribution < -0.4 is 0 Å². The van der Waals surface area contributed by atoms with Gasteiger partial charge < -0.3 is 4.74 Å². The quantitative estimate of drug-likeness (QED) is 0.481. The van der Waals surface area contributed by atoms with Crippen molar-refractivity contribution in [2.45, 2.75) is 32.8 Å². The first kappa shape index (κ1) is 5.72. The second kappa shape index (κ2) is 1.51. The highest BCUT2D eigenvalue weighted by molar-refractivity contribution is 4.97. The molecule has 2 aliphatic rings. The summed E-state index contributed by atoms with van der Waals surface area (Å²) < 4.78 is 5.57. The van der Waals surface area contributed by atoms with Crippen molar-refractivity contribution >= 4 is 0 Å². The van der Waals surface area contributed by atoms with Crippen LogP contribution in [-0.4, -0.2) is 12.7 Å². The first-order valence-electron chi connectivity index (χ1n) is 3.84. The van der Waals surface area contributed by atoms with E-state index >= 15 is 0 Å². The summed E-state index contributed by atoms with van der Waals surface area (Å²) in [5, 5.41) is 0. The number of hydrogen-bond acceptors (Lipinski definition) is 1. The van der Waals surface area contributed by atoms with E-state index in [1.165, 1.54) is 12.8 Å². The van der Waals surface area contributed by atoms with Crippen LogP contribution in [0.25, 0.3) is 0 Å².